The average Bonchev–Trinajstić information content (AvgIpc) is 3.30. The van der Waals surface area contributed by atoms with E-state index in [0.29, 0.717) is 60.8 Å². The van der Waals surface area contributed by atoms with Gasteiger partial charge in [-0.1, -0.05) is 13.8 Å². The number of nitrogens with zero attached hydrogens (tertiary/aromatic N) is 2. The number of benzene rings is 1. The number of nitrogens with one attached hydrogen (secondary N) is 1. The highest BCUT2D eigenvalue weighted by molar-refractivity contribution is 5.90. The van der Waals surface area contributed by atoms with E-state index in [1.165, 1.54) is 6.92 Å². The third kappa shape index (κ3) is 5.55. The predicted octanol–water partition coefficient (Wildman–Crippen LogP) is 4.51. The number of ether oxygens (including phenoxy) is 4. The van der Waals surface area contributed by atoms with Crippen LogP contribution in [0.15, 0.2) is 29.1 Å². The van der Waals surface area contributed by atoms with E-state index >= 15 is 0 Å². The van der Waals surface area contributed by atoms with Crippen molar-refractivity contribution >= 4 is 28.9 Å². The van der Waals surface area contributed by atoms with Gasteiger partial charge in [-0.25, -0.2) is 14.6 Å². The van der Waals surface area contributed by atoms with Gasteiger partial charge in [-0.3, -0.25) is 9.59 Å². The molecule has 3 aromatic rings. The van der Waals surface area contributed by atoms with Crippen LogP contribution < -0.4 is 15.6 Å². The number of carbonyl (C=O) groups is 3. The second-order valence-corrected chi connectivity index (χ2v) is 11.7. The number of cyclic esters (lactones) is 1. The molecule has 0 saturated heterocycles. The molecule has 2 aliphatic rings. The number of aromatic nitrogens is 2. The molecule has 2 aromatic heterocycles. The molecular weight excluding hydrogens is 554 g/mol. The number of hydrogen-bond acceptors (Lipinski definition) is 9. The number of alkyl carbamates (subject to hydrolysis) is 1. The lowest BCUT2D eigenvalue weighted by atomic mass is 9.85. The number of rotatable bonds is 8. The molecule has 0 spiro atoms. The van der Waals surface area contributed by atoms with Crippen molar-refractivity contribution < 1.29 is 33.3 Å². The molecule has 4 heterocycles. The summed E-state index contributed by atoms with van der Waals surface area (Å²) in [4.78, 5) is 55.5. The fourth-order valence-corrected chi connectivity index (χ4v) is 5.80. The summed E-state index contributed by atoms with van der Waals surface area (Å²) in [6, 6.07) is 7.44. The fourth-order valence-electron chi connectivity index (χ4n) is 5.80. The van der Waals surface area contributed by atoms with E-state index in [9.17, 15) is 19.2 Å². The SMILES string of the molecule is CCc1c2c(nc3ccc(OCCCNC(=O)OC(C)(C)C)cc13)-c1cc3c(c(=O)n1C2)COC(=O)[C@@]3(CC)OC(C)=O. The normalized spacial score (nSPS) is 17.0. The number of hydrogen-bond donors (Lipinski definition) is 1. The minimum absolute atomic E-state index is 0.124. The van der Waals surface area contributed by atoms with Crippen molar-refractivity contribution in [2.45, 2.75) is 85.2 Å². The molecule has 0 radical (unpaired) electrons. The number of amides is 1. The molecule has 11 nitrogen and oxygen atoms in total. The van der Waals surface area contributed by atoms with Crippen molar-refractivity contribution in [3.05, 3.63) is 56.9 Å². The molecular formula is C32H37N3O8. The predicted molar refractivity (Wildman–Crippen MR) is 158 cm³/mol. The van der Waals surface area contributed by atoms with Gasteiger partial charge in [0.05, 0.1) is 35.6 Å². The Morgan fingerprint density at radius 3 is 2.58 bits per heavy atom. The van der Waals surface area contributed by atoms with Crippen molar-refractivity contribution in [1.29, 1.82) is 0 Å². The Bertz CT molecular complexity index is 1690. The van der Waals surface area contributed by atoms with Crippen LogP contribution in [0.25, 0.3) is 22.3 Å². The first-order valence-corrected chi connectivity index (χ1v) is 14.6. The fraction of sp³-hybridized carbons (Fsp3) is 0.469. The van der Waals surface area contributed by atoms with Crippen LogP contribution in [-0.4, -0.2) is 46.3 Å². The van der Waals surface area contributed by atoms with Crippen molar-refractivity contribution in [2.24, 2.45) is 0 Å². The summed E-state index contributed by atoms with van der Waals surface area (Å²) in [5.41, 5.74) is 2.09. The Morgan fingerprint density at radius 1 is 1.14 bits per heavy atom. The molecule has 5 rings (SSSR count). The minimum atomic E-state index is -1.68. The molecule has 0 aliphatic carbocycles. The quantitative estimate of drug-likeness (QED) is 0.178. The largest absolute Gasteiger partial charge is 0.494 e. The Kier molecular flexibility index (Phi) is 7.93. The summed E-state index contributed by atoms with van der Waals surface area (Å²) >= 11 is 0. The summed E-state index contributed by atoms with van der Waals surface area (Å²) in [6.45, 7) is 11.4. The Labute approximate surface area is 249 Å². The van der Waals surface area contributed by atoms with Gasteiger partial charge in [0.25, 0.3) is 5.56 Å². The maximum atomic E-state index is 13.7. The van der Waals surface area contributed by atoms with Gasteiger partial charge in [0, 0.05) is 30.0 Å². The van der Waals surface area contributed by atoms with E-state index in [1.807, 2.05) is 39.0 Å². The highest BCUT2D eigenvalue weighted by atomic mass is 16.6. The molecule has 1 N–H and O–H groups in total. The zero-order valence-electron chi connectivity index (χ0n) is 25.4. The number of esters is 2. The highest BCUT2D eigenvalue weighted by Gasteiger charge is 2.50. The van der Waals surface area contributed by atoms with E-state index in [4.69, 9.17) is 23.9 Å². The first kappa shape index (κ1) is 30.1. The smallest absolute Gasteiger partial charge is 0.407 e. The van der Waals surface area contributed by atoms with Crippen LogP contribution in [0, 0.1) is 0 Å². The Hall–Kier alpha value is -4.41. The van der Waals surface area contributed by atoms with Gasteiger partial charge in [0.2, 0.25) is 5.60 Å². The van der Waals surface area contributed by atoms with Gasteiger partial charge in [0.1, 0.15) is 18.0 Å². The van der Waals surface area contributed by atoms with Crippen LogP contribution in [0.5, 0.6) is 5.75 Å². The molecule has 1 aromatic carbocycles. The van der Waals surface area contributed by atoms with Crippen LogP contribution in [0.2, 0.25) is 0 Å². The lowest BCUT2D eigenvalue weighted by Gasteiger charge is -2.35. The van der Waals surface area contributed by atoms with Crippen LogP contribution in [-0.2, 0) is 49.0 Å². The average molecular weight is 592 g/mol. The van der Waals surface area contributed by atoms with Crippen LogP contribution >= 0.6 is 0 Å². The van der Waals surface area contributed by atoms with Gasteiger partial charge in [-0.2, -0.15) is 0 Å². The molecule has 1 amide bonds. The molecule has 43 heavy (non-hydrogen) atoms. The number of carbonyl (C=O) groups excluding carboxylic acids is 3. The standard InChI is InChI=1S/C32H37N3O8/c1-7-20-21-14-19(40-13-9-12-33-30(39)43-31(4,5)6)10-11-25(21)34-27-22(20)16-35-26(27)15-24-23(28(35)37)17-41-29(38)32(24,8-2)42-18(3)36/h10-11,14-15H,7-9,12-13,16-17H2,1-6H3,(H,33,39)/t32-/m0/s1. The van der Waals surface area contributed by atoms with Crippen molar-refractivity contribution in [2.75, 3.05) is 13.2 Å². The summed E-state index contributed by atoms with van der Waals surface area (Å²) in [7, 11) is 0. The summed E-state index contributed by atoms with van der Waals surface area (Å²) in [5, 5.41) is 3.65. The van der Waals surface area contributed by atoms with Crippen molar-refractivity contribution in [3.63, 3.8) is 0 Å². The molecule has 0 fully saturated rings. The van der Waals surface area contributed by atoms with E-state index < -0.39 is 29.2 Å². The third-order valence-corrected chi connectivity index (χ3v) is 7.67. The third-order valence-electron chi connectivity index (χ3n) is 7.67. The molecule has 1 atom stereocenters. The maximum absolute atomic E-state index is 13.7. The number of fused-ring (bicyclic) bond motifs is 5. The van der Waals surface area contributed by atoms with Gasteiger partial charge in [0.15, 0.2) is 0 Å². The van der Waals surface area contributed by atoms with Gasteiger partial charge in [-0.15, -0.1) is 0 Å². The lowest BCUT2D eigenvalue weighted by molar-refractivity contribution is -0.188. The summed E-state index contributed by atoms with van der Waals surface area (Å²) in [5.74, 6) is -0.648. The molecule has 0 saturated carbocycles. The molecule has 2 aliphatic heterocycles. The van der Waals surface area contributed by atoms with E-state index in [1.54, 1.807) is 17.6 Å². The maximum Gasteiger partial charge on any atom is 0.407 e. The second-order valence-electron chi connectivity index (χ2n) is 11.7. The van der Waals surface area contributed by atoms with E-state index in [0.717, 1.165) is 22.0 Å². The van der Waals surface area contributed by atoms with Crippen molar-refractivity contribution in [3.8, 4) is 17.1 Å². The van der Waals surface area contributed by atoms with Gasteiger partial charge < -0.3 is 28.8 Å². The minimum Gasteiger partial charge on any atom is -0.494 e. The Morgan fingerprint density at radius 2 is 1.91 bits per heavy atom. The lowest BCUT2D eigenvalue weighted by Crippen LogP contribution is -2.47. The second kappa shape index (κ2) is 11.3. The van der Waals surface area contributed by atoms with E-state index in [-0.39, 0.29) is 18.6 Å². The number of pyridine rings is 2. The first-order chi connectivity index (χ1) is 20.4. The van der Waals surface area contributed by atoms with Crippen LogP contribution in [0.4, 0.5) is 4.79 Å². The summed E-state index contributed by atoms with van der Waals surface area (Å²) in [6.07, 6.45) is 0.958. The monoisotopic (exact) mass is 591 g/mol. The van der Waals surface area contributed by atoms with Crippen LogP contribution in [0.1, 0.15) is 76.6 Å². The molecule has 228 valence electrons. The highest BCUT2D eigenvalue weighted by Crippen LogP contribution is 2.42. The zero-order chi connectivity index (χ0) is 31.1. The van der Waals surface area contributed by atoms with E-state index in [2.05, 4.69) is 12.2 Å². The molecule has 0 bridgehead atoms. The first-order valence-electron chi connectivity index (χ1n) is 14.6. The van der Waals surface area contributed by atoms with Gasteiger partial charge in [-0.05, 0) is 69.9 Å². The topological polar surface area (TPSA) is 135 Å². The Balaban J connectivity index is 1.44. The van der Waals surface area contributed by atoms with Gasteiger partial charge >= 0.3 is 18.0 Å². The van der Waals surface area contributed by atoms with Crippen molar-refractivity contribution in [1.82, 2.24) is 14.9 Å². The zero-order valence-corrected chi connectivity index (χ0v) is 25.4. The molecule has 11 heteroatoms. The van der Waals surface area contributed by atoms with Crippen LogP contribution in [0.3, 0.4) is 0 Å². The molecule has 0 unspecified atom stereocenters. The summed E-state index contributed by atoms with van der Waals surface area (Å²) < 4.78 is 23.8. The number of aryl methyl sites for hydroxylation is 1.